The zero-order chi connectivity index (χ0) is 14.4. The van der Waals surface area contributed by atoms with Gasteiger partial charge in [0.25, 0.3) is 0 Å². The van der Waals surface area contributed by atoms with Gasteiger partial charge in [-0.05, 0) is 44.6 Å². The van der Waals surface area contributed by atoms with E-state index in [1.54, 1.807) is 0 Å². The summed E-state index contributed by atoms with van der Waals surface area (Å²) in [6, 6.07) is 0.448. The molecule has 0 amide bonds. The van der Waals surface area contributed by atoms with Crippen molar-refractivity contribution in [1.82, 2.24) is 15.5 Å². The largest absolute Gasteiger partial charge is 0.339 e. The molecule has 0 radical (unpaired) electrons. The van der Waals surface area contributed by atoms with Crippen LogP contribution in [0.2, 0.25) is 0 Å². The molecule has 20 heavy (non-hydrogen) atoms. The lowest BCUT2D eigenvalue weighted by Crippen LogP contribution is -2.30. The molecule has 114 valence electrons. The van der Waals surface area contributed by atoms with Crippen LogP contribution in [0.3, 0.4) is 0 Å². The Balaban J connectivity index is 1.88. The Hall–Kier alpha value is -0.900. The number of nitrogens with one attached hydrogen (secondary N) is 1. The van der Waals surface area contributed by atoms with Gasteiger partial charge in [-0.1, -0.05) is 32.3 Å². The highest BCUT2D eigenvalue weighted by Crippen LogP contribution is 2.35. The van der Waals surface area contributed by atoms with Gasteiger partial charge in [-0.25, -0.2) is 0 Å². The van der Waals surface area contributed by atoms with E-state index < -0.39 is 0 Å². The second-order valence-electron chi connectivity index (χ2n) is 6.04. The first-order chi connectivity index (χ1) is 9.76. The summed E-state index contributed by atoms with van der Waals surface area (Å²) in [4.78, 5) is 4.64. The zero-order valence-corrected chi connectivity index (χ0v) is 13.2. The van der Waals surface area contributed by atoms with Gasteiger partial charge in [0.15, 0.2) is 5.82 Å². The van der Waals surface area contributed by atoms with Gasteiger partial charge in [0.05, 0.1) is 0 Å². The number of hydrogen-bond acceptors (Lipinski definition) is 4. The van der Waals surface area contributed by atoms with Crippen molar-refractivity contribution in [2.75, 3.05) is 6.54 Å². The van der Waals surface area contributed by atoms with E-state index in [-0.39, 0.29) is 0 Å². The van der Waals surface area contributed by atoms with E-state index in [0.29, 0.717) is 12.0 Å². The maximum Gasteiger partial charge on any atom is 0.228 e. The molecule has 1 unspecified atom stereocenters. The second-order valence-corrected chi connectivity index (χ2v) is 6.04. The SMILES string of the molecule is CCNC(CC)Cc1nc(C2CCC(CC)CC2)no1. The molecule has 4 heteroatoms. The van der Waals surface area contributed by atoms with Crippen molar-refractivity contribution in [2.24, 2.45) is 5.92 Å². The maximum atomic E-state index is 5.45. The van der Waals surface area contributed by atoms with E-state index in [9.17, 15) is 0 Å². The molecule has 0 bridgehead atoms. The van der Waals surface area contributed by atoms with Gasteiger partial charge in [-0.2, -0.15) is 4.98 Å². The van der Waals surface area contributed by atoms with Crippen LogP contribution in [0.4, 0.5) is 0 Å². The smallest absolute Gasteiger partial charge is 0.228 e. The Morgan fingerprint density at radius 3 is 2.55 bits per heavy atom. The molecule has 0 spiro atoms. The van der Waals surface area contributed by atoms with E-state index in [1.165, 1.54) is 32.1 Å². The van der Waals surface area contributed by atoms with Gasteiger partial charge in [0.1, 0.15) is 0 Å². The molecule has 4 nitrogen and oxygen atoms in total. The van der Waals surface area contributed by atoms with E-state index >= 15 is 0 Å². The van der Waals surface area contributed by atoms with Gasteiger partial charge >= 0.3 is 0 Å². The summed E-state index contributed by atoms with van der Waals surface area (Å²) >= 11 is 0. The maximum absolute atomic E-state index is 5.45. The lowest BCUT2D eigenvalue weighted by molar-refractivity contribution is 0.301. The fraction of sp³-hybridized carbons (Fsp3) is 0.875. The molecule has 1 aromatic heterocycles. The predicted octanol–water partition coefficient (Wildman–Crippen LogP) is 3.68. The molecule has 0 saturated heterocycles. The molecule has 1 aliphatic rings. The van der Waals surface area contributed by atoms with Crippen molar-refractivity contribution >= 4 is 0 Å². The van der Waals surface area contributed by atoms with Gasteiger partial charge in [0, 0.05) is 18.4 Å². The molecule has 1 fully saturated rings. The van der Waals surface area contributed by atoms with Crippen LogP contribution in [-0.4, -0.2) is 22.7 Å². The van der Waals surface area contributed by atoms with Gasteiger partial charge < -0.3 is 9.84 Å². The predicted molar refractivity (Wildman–Crippen MR) is 80.7 cm³/mol. The third-order valence-electron chi connectivity index (χ3n) is 4.68. The lowest BCUT2D eigenvalue weighted by Gasteiger charge is -2.25. The number of likely N-dealkylation sites (N-methyl/N-ethyl adjacent to an activating group) is 1. The number of hydrogen-bond donors (Lipinski definition) is 1. The summed E-state index contributed by atoms with van der Waals surface area (Å²) in [5.41, 5.74) is 0. The molecule has 1 N–H and O–H groups in total. The highest BCUT2D eigenvalue weighted by Gasteiger charge is 2.25. The molecule has 1 heterocycles. The minimum atomic E-state index is 0.448. The van der Waals surface area contributed by atoms with Crippen molar-refractivity contribution < 1.29 is 4.52 Å². The first-order valence-corrected chi connectivity index (χ1v) is 8.32. The fourth-order valence-corrected chi connectivity index (χ4v) is 3.21. The molecule has 1 aromatic rings. The van der Waals surface area contributed by atoms with Crippen molar-refractivity contribution in [3.05, 3.63) is 11.7 Å². The van der Waals surface area contributed by atoms with Crippen molar-refractivity contribution in [1.29, 1.82) is 0 Å². The average Bonchev–Trinajstić information content (AvgIpc) is 2.95. The quantitative estimate of drug-likeness (QED) is 0.827. The Kier molecular flexibility index (Phi) is 6.02. The monoisotopic (exact) mass is 279 g/mol. The first-order valence-electron chi connectivity index (χ1n) is 8.32. The minimum absolute atomic E-state index is 0.448. The van der Waals surface area contributed by atoms with Crippen LogP contribution >= 0.6 is 0 Å². The summed E-state index contributed by atoms with van der Waals surface area (Å²) in [5, 5.41) is 7.68. The van der Waals surface area contributed by atoms with Gasteiger partial charge in [0.2, 0.25) is 5.89 Å². The van der Waals surface area contributed by atoms with Crippen LogP contribution < -0.4 is 5.32 Å². The Labute approximate surface area is 122 Å². The average molecular weight is 279 g/mol. The van der Waals surface area contributed by atoms with Crippen molar-refractivity contribution in [3.63, 3.8) is 0 Å². The second kappa shape index (κ2) is 7.77. The molecule has 1 aliphatic carbocycles. The summed E-state index contributed by atoms with van der Waals surface area (Å²) in [6.07, 6.45) is 8.34. The van der Waals surface area contributed by atoms with Gasteiger partial charge in [-0.3, -0.25) is 0 Å². The lowest BCUT2D eigenvalue weighted by atomic mass is 9.80. The first kappa shape index (κ1) is 15.5. The third-order valence-corrected chi connectivity index (χ3v) is 4.68. The summed E-state index contributed by atoms with van der Waals surface area (Å²) < 4.78 is 5.45. The van der Waals surface area contributed by atoms with E-state index in [4.69, 9.17) is 4.52 Å². The van der Waals surface area contributed by atoms with Crippen LogP contribution in [0.1, 0.15) is 76.9 Å². The molecule has 0 aromatic carbocycles. The summed E-state index contributed by atoms with van der Waals surface area (Å²) in [7, 11) is 0. The van der Waals surface area contributed by atoms with Gasteiger partial charge in [-0.15, -0.1) is 0 Å². The fourth-order valence-electron chi connectivity index (χ4n) is 3.21. The molecule has 2 rings (SSSR count). The van der Waals surface area contributed by atoms with Crippen LogP contribution in [0.15, 0.2) is 4.52 Å². The van der Waals surface area contributed by atoms with E-state index in [0.717, 1.165) is 37.0 Å². The summed E-state index contributed by atoms with van der Waals surface area (Å²) in [5.74, 6) is 3.18. The number of rotatable bonds is 7. The van der Waals surface area contributed by atoms with Crippen LogP contribution in [0.25, 0.3) is 0 Å². The van der Waals surface area contributed by atoms with E-state index in [1.807, 2.05) is 0 Å². The zero-order valence-electron chi connectivity index (χ0n) is 13.2. The summed E-state index contributed by atoms with van der Waals surface area (Å²) in [6.45, 7) is 7.61. The molecule has 1 saturated carbocycles. The van der Waals surface area contributed by atoms with Crippen molar-refractivity contribution in [3.8, 4) is 0 Å². The number of aromatic nitrogens is 2. The third kappa shape index (κ3) is 4.05. The minimum Gasteiger partial charge on any atom is -0.339 e. The van der Waals surface area contributed by atoms with Crippen molar-refractivity contribution in [2.45, 2.75) is 77.7 Å². The Morgan fingerprint density at radius 1 is 1.20 bits per heavy atom. The number of nitrogens with zero attached hydrogens (tertiary/aromatic N) is 2. The Bertz CT molecular complexity index is 383. The topological polar surface area (TPSA) is 51.0 Å². The molecular weight excluding hydrogens is 250 g/mol. The standard InChI is InChI=1S/C16H29N3O/c1-4-12-7-9-13(10-8-12)16-18-15(20-19-16)11-14(5-2)17-6-3/h12-14,17H,4-11H2,1-3H3. The molecular formula is C16H29N3O. The highest BCUT2D eigenvalue weighted by atomic mass is 16.5. The van der Waals surface area contributed by atoms with Crippen LogP contribution in [0.5, 0.6) is 0 Å². The highest BCUT2D eigenvalue weighted by molar-refractivity contribution is 4.98. The molecule has 1 atom stereocenters. The van der Waals surface area contributed by atoms with E-state index in [2.05, 4.69) is 36.2 Å². The normalized spacial score (nSPS) is 24.8. The Morgan fingerprint density at radius 2 is 1.95 bits per heavy atom. The van der Waals surface area contributed by atoms with Crippen LogP contribution in [-0.2, 0) is 6.42 Å². The molecule has 0 aliphatic heterocycles. The van der Waals surface area contributed by atoms with Crippen LogP contribution in [0, 0.1) is 5.92 Å².